The number of rotatable bonds is 4. The van der Waals surface area contributed by atoms with Crippen LogP contribution in [0.15, 0.2) is 66.9 Å². The van der Waals surface area contributed by atoms with Gasteiger partial charge in [-0.15, -0.1) is 0 Å². The van der Waals surface area contributed by atoms with E-state index in [9.17, 15) is 17.6 Å². The lowest BCUT2D eigenvalue weighted by atomic mass is 9.88. The fourth-order valence-electron chi connectivity index (χ4n) is 2.81. The predicted octanol–water partition coefficient (Wildman–Crippen LogP) is 6.27. The molecule has 0 bridgehead atoms. The zero-order valence-corrected chi connectivity index (χ0v) is 14.2. The molecule has 0 aliphatic heterocycles. The Labute approximate surface area is 153 Å². The van der Waals surface area contributed by atoms with E-state index in [1.54, 1.807) is 12.1 Å². The molecule has 2 aromatic carbocycles. The van der Waals surface area contributed by atoms with E-state index in [0.717, 1.165) is 17.7 Å². The van der Waals surface area contributed by atoms with Crippen LogP contribution in [0.4, 0.5) is 17.6 Å². The highest BCUT2D eigenvalue weighted by Crippen LogP contribution is 2.35. The molecule has 0 saturated heterocycles. The Hall–Kier alpha value is -2.40. The predicted molar refractivity (Wildman–Crippen MR) is 92.6 cm³/mol. The molecule has 0 aliphatic carbocycles. The summed E-state index contributed by atoms with van der Waals surface area (Å²) in [5, 5.41) is 0.419. The number of hydrogen-bond donors (Lipinski definition) is 0. The average molecular weight is 380 g/mol. The molecule has 0 radical (unpaired) electrons. The van der Waals surface area contributed by atoms with E-state index in [1.807, 2.05) is 30.3 Å². The van der Waals surface area contributed by atoms with Gasteiger partial charge >= 0.3 is 6.18 Å². The molecule has 26 heavy (non-hydrogen) atoms. The molecule has 0 unspecified atom stereocenters. The lowest BCUT2D eigenvalue weighted by Gasteiger charge is -2.19. The molecule has 3 rings (SSSR count). The van der Waals surface area contributed by atoms with Gasteiger partial charge in [-0.2, -0.15) is 13.2 Å². The third kappa shape index (κ3) is 4.41. The molecule has 0 N–H and O–H groups in total. The van der Waals surface area contributed by atoms with Gasteiger partial charge in [-0.3, -0.25) is 4.98 Å². The van der Waals surface area contributed by atoms with Gasteiger partial charge in [0.2, 0.25) is 0 Å². The third-order valence-electron chi connectivity index (χ3n) is 4.04. The molecule has 1 heterocycles. The van der Waals surface area contributed by atoms with E-state index >= 15 is 0 Å². The van der Waals surface area contributed by atoms with Gasteiger partial charge in [0.25, 0.3) is 0 Å². The van der Waals surface area contributed by atoms with Crippen LogP contribution in [0.1, 0.15) is 28.3 Å². The van der Waals surface area contributed by atoms with E-state index in [-0.39, 0.29) is 5.56 Å². The summed E-state index contributed by atoms with van der Waals surface area (Å²) in [7, 11) is 0. The van der Waals surface area contributed by atoms with Crippen LogP contribution in [0.5, 0.6) is 0 Å². The second kappa shape index (κ2) is 7.46. The number of halogens is 5. The zero-order chi connectivity index (χ0) is 18.7. The highest BCUT2D eigenvalue weighted by Gasteiger charge is 2.32. The molecule has 0 saturated carbocycles. The molecule has 0 spiro atoms. The summed E-state index contributed by atoms with van der Waals surface area (Å²) >= 11 is 5.86. The maximum Gasteiger partial charge on any atom is 0.416 e. The lowest BCUT2D eigenvalue weighted by Crippen LogP contribution is -2.11. The number of hydrogen-bond acceptors (Lipinski definition) is 1. The molecule has 3 aromatic rings. The van der Waals surface area contributed by atoms with Gasteiger partial charge in [0.1, 0.15) is 5.82 Å². The summed E-state index contributed by atoms with van der Waals surface area (Å²) in [5.41, 5.74) is 0.638. The Morgan fingerprint density at radius 1 is 0.962 bits per heavy atom. The first-order chi connectivity index (χ1) is 12.3. The number of nitrogens with zero attached hydrogens (tertiary/aromatic N) is 1. The smallest absolute Gasteiger partial charge is 0.259 e. The minimum absolute atomic E-state index is 0.219. The highest BCUT2D eigenvalue weighted by molar-refractivity contribution is 6.30. The van der Waals surface area contributed by atoms with Crippen molar-refractivity contribution in [3.8, 4) is 0 Å². The van der Waals surface area contributed by atoms with Crippen molar-refractivity contribution in [2.75, 3.05) is 0 Å². The zero-order valence-electron chi connectivity index (χ0n) is 13.5. The van der Waals surface area contributed by atoms with Crippen molar-refractivity contribution in [3.05, 3.63) is 100 Å². The van der Waals surface area contributed by atoms with Crippen LogP contribution in [0.25, 0.3) is 0 Å². The van der Waals surface area contributed by atoms with E-state index in [1.165, 1.54) is 6.20 Å². The van der Waals surface area contributed by atoms with Gasteiger partial charge in [0.15, 0.2) is 0 Å². The van der Waals surface area contributed by atoms with Crippen LogP contribution in [-0.4, -0.2) is 4.98 Å². The summed E-state index contributed by atoms with van der Waals surface area (Å²) in [6.07, 6.45) is -2.81. The monoisotopic (exact) mass is 379 g/mol. The molecule has 1 aromatic heterocycles. The first-order valence-corrected chi connectivity index (χ1v) is 8.24. The second-order valence-electron chi connectivity index (χ2n) is 5.91. The van der Waals surface area contributed by atoms with Crippen molar-refractivity contribution in [1.29, 1.82) is 0 Å². The molecule has 134 valence electrons. The molecule has 0 aliphatic rings. The summed E-state index contributed by atoms with van der Waals surface area (Å²) in [6, 6.07) is 15.1. The van der Waals surface area contributed by atoms with Crippen molar-refractivity contribution < 1.29 is 17.6 Å². The molecular formula is C20H14ClF4N. The van der Waals surface area contributed by atoms with Crippen molar-refractivity contribution >= 4 is 11.6 Å². The summed E-state index contributed by atoms with van der Waals surface area (Å²) < 4.78 is 53.2. The van der Waals surface area contributed by atoms with Gasteiger partial charge in [-0.25, -0.2) is 4.39 Å². The average Bonchev–Trinajstić information content (AvgIpc) is 2.60. The minimum atomic E-state index is -4.62. The largest absolute Gasteiger partial charge is 0.416 e. The van der Waals surface area contributed by atoms with Gasteiger partial charge in [-0.1, -0.05) is 41.9 Å². The van der Waals surface area contributed by atoms with Crippen molar-refractivity contribution in [3.63, 3.8) is 0 Å². The first-order valence-electron chi connectivity index (χ1n) is 7.86. The normalized spacial score (nSPS) is 12.8. The highest BCUT2D eigenvalue weighted by atomic mass is 35.5. The summed E-state index contributed by atoms with van der Waals surface area (Å²) in [5.74, 6) is -1.46. The second-order valence-corrected chi connectivity index (χ2v) is 6.35. The first kappa shape index (κ1) is 18.4. The Morgan fingerprint density at radius 3 is 2.31 bits per heavy atom. The number of alkyl halides is 3. The van der Waals surface area contributed by atoms with Crippen LogP contribution >= 0.6 is 11.6 Å². The fraction of sp³-hybridized carbons (Fsp3) is 0.150. The Balaban J connectivity index is 2.08. The number of aromatic nitrogens is 1. The van der Waals surface area contributed by atoms with Crippen molar-refractivity contribution in [2.45, 2.75) is 18.5 Å². The molecule has 1 atom stereocenters. The fourth-order valence-corrected chi connectivity index (χ4v) is 2.93. The van der Waals surface area contributed by atoms with Gasteiger partial charge in [0.05, 0.1) is 10.6 Å². The quantitative estimate of drug-likeness (QED) is 0.487. The van der Waals surface area contributed by atoms with E-state index in [2.05, 4.69) is 4.98 Å². The van der Waals surface area contributed by atoms with E-state index in [0.29, 0.717) is 23.2 Å². The van der Waals surface area contributed by atoms with Crippen LogP contribution in [-0.2, 0) is 12.6 Å². The topological polar surface area (TPSA) is 12.9 Å². The van der Waals surface area contributed by atoms with Gasteiger partial charge in [-0.05, 0) is 47.9 Å². The lowest BCUT2D eigenvalue weighted by molar-refractivity contribution is -0.137. The summed E-state index contributed by atoms with van der Waals surface area (Å²) in [4.78, 5) is 4.24. The molecule has 6 heteroatoms. The summed E-state index contributed by atoms with van der Waals surface area (Å²) in [6.45, 7) is 0. The Kier molecular flexibility index (Phi) is 5.28. The van der Waals surface area contributed by atoms with Crippen LogP contribution in [0.2, 0.25) is 5.02 Å². The van der Waals surface area contributed by atoms with Gasteiger partial charge < -0.3 is 0 Å². The maximum atomic E-state index is 13.9. The van der Waals surface area contributed by atoms with Crippen LogP contribution < -0.4 is 0 Å². The Morgan fingerprint density at radius 2 is 1.69 bits per heavy atom. The number of benzene rings is 2. The van der Waals surface area contributed by atoms with Crippen molar-refractivity contribution in [1.82, 2.24) is 4.98 Å². The SMILES string of the molecule is Fc1cc([C@H](Cc2ccccc2)c2ccc(Cl)cn2)cc(C(F)(F)F)c1. The third-order valence-corrected chi connectivity index (χ3v) is 4.26. The molecule has 0 fully saturated rings. The molecule has 0 amide bonds. The van der Waals surface area contributed by atoms with Crippen LogP contribution in [0, 0.1) is 5.82 Å². The van der Waals surface area contributed by atoms with Crippen LogP contribution in [0.3, 0.4) is 0 Å². The van der Waals surface area contributed by atoms with E-state index in [4.69, 9.17) is 11.6 Å². The molecular weight excluding hydrogens is 366 g/mol. The van der Waals surface area contributed by atoms with Crippen molar-refractivity contribution in [2.24, 2.45) is 0 Å². The standard InChI is InChI=1S/C20H14ClF4N/c21-16-6-7-19(26-12-16)18(8-13-4-2-1-3-5-13)14-9-15(20(23,24)25)11-17(22)10-14/h1-7,9-12,18H,8H2/t18-/m0/s1. The minimum Gasteiger partial charge on any atom is -0.259 e. The Bertz CT molecular complexity index is 877. The number of pyridine rings is 1. The molecule has 1 nitrogen and oxygen atoms in total. The maximum absolute atomic E-state index is 13.9. The van der Waals surface area contributed by atoms with E-state index < -0.39 is 23.5 Å². The van der Waals surface area contributed by atoms with Gasteiger partial charge in [0, 0.05) is 17.8 Å².